The zero-order chi connectivity index (χ0) is 18.3. The lowest BCUT2D eigenvalue weighted by Crippen LogP contribution is -2.57. The maximum atomic E-state index is 12.2. The minimum absolute atomic E-state index is 0.0561. The van der Waals surface area contributed by atoms with Gasteiger partial charge in [0, 0.05) is 24.2 Å². The fourth-order valence-electron chi connectivity index (χ4n) is 9.74. The van der Waals surface area contributed by atoms with Crippen LogP contribution >= 0.6 is 0 Å². The van der Waals surface area contributed by atoms with Crippen LogP contribution in [0.5, 0.6) is 0 Å². The van der Waals surface area contributed by atoms with Gasteiger partial charge in [-0.05, 0) is 85.5 Å². The lowest BCUT2D eigenvalue weighted by atomic mass is 9.45. The number of ketones is 1. The van der Waals surface area contributed by atoms with E-state index in [2.05, 4.69) is 19.9 Å². The van der Waals surface area contributed by atoms with Crippen molar-refractivity contribution in [2.45, 2.75) is 70.8 Å². The average Bonchev–Trinajstić information content (AvgIpc) is 3.53. The molecule has 0 aromatic rings. The summed E-state index contributed by atoms with van der Waals surface area (Å²) in [5.41, 5.74) is 1.85. The second-order valence-electron chi connectivity index (χ2n) is 11.5. The first-order valence-electron chi connectivity index (χ1n) is 11.4. The molecule has 7 aliphatic rings. The summed E-state index contributed by atoms with van der Waals surface area (Å²) in [4.78, 5) is 24.3. The monoisotopic (exact) mass is 366 g/mol. The lowest BCUT2D eigenvalue weighted by Gasteiger charge is -2.60. The second kappa shape index (κ2) is 4.39. The third-order valence-corrected chi connectivity index (χ3v) is 10.9. The van der Waals surface area contributed by atoms with Gasteiger partial charge >= 0.3 is 5.97 Å². The van der Waals surface area contributed by atoms with Gasteiger partial charge in [-0.1, -0.05) is 19.4 Å². The molecule has 3 nitrogen and oxygen atoms in total. The van der Waals surface area contributed by atoms with Crippen molar-refractivity contribution < 1.29 is 14.3 Å². The molecule has 1 saturated heterocycles. The predicted molar refractivity (Wildman–Crippen MR) is 99.5 cm³/mol. The normalized spacial score (nSPS) is 62.0. The molecule has 0 amide bonds. The van der Waals surface area contributed by atoms with Gasteiger partial charge in [0.1, 0.15) is 5.60 Å². The van der Waals surface area contributed by atoms with Crippen LogP contribution in [0.3, 0.4) is 0 Å². The number of allylic oxidation sites excluding steroid dienone is 1. The van der Waals surface area contributed by atoms with Gasteiger partial charge in [-0.15, -0.1) is 0 Å². The Bertz CT molecular complexity index is 827. The van der Waals surface area contributed by atoms with Crippen LogP contribution in [0.4, 0.5) is 0 Å². The molecule has 6 fully saturated rings. The third-order valence-electron chi connectivity index (χ3n) is 10.9. The van der Waals surface area contributed by atoms with Crippen molar-refractivity contribution in [1.82, 2.24) is 0 Å². The van der Waals surface area contributed by atoms with Gasteiger partial charge in [0.05, 0.1) is 0 Å². The Morgan fingerprint density at radius 3 is 2.63 bits per heavy atom. The number of hydrogen-bond acceptors (Lipinski definition) is 3. The smallest absolute Gasteiger partial charge is 0.306 e. The number of hydrogen-bond donors (Lipinski definition) is 0. The molecule has 10 atom stereocenters. The molecule has 1 aliphatic heterocycles. The summed E-state index contributed by atoms with van der Waals surface area (Å²) >= 11 is 0. The van der Waals surface area contributed by atoms with E-state index in [4.69, 9.17) is 4.74 Å². The summed E-state index contributed by atoms with van der Waals surface area (Å²) in [5, 5.41) is 0. The molecule has 0 aromatic carbocycles. The van der Waals surface area contributed by atoms with Gasteiger partial charge in [-0.2, -0.15) is 0 Å². The van der Waals surface area contributed by atoms with Crippen LogP contribution in [-0.4, -0.2) is 17.4 Å². The van der Waals surface area contributed by atoms with Crippen molar-refractivity contribution in [3.05, 3.63) is 11.6 Å². The van der Waals surface area contributed by atoms with Gasteiger partial charge in [0.2, 0.25) is 0 Å². The van der Waals surface area contributed by atoms with Crippen molar-refractivity contribution in [2.24, 2.45) is 52.3 Å². The zero-order valence-electron chi connectivity index (χ0n) is 16.5. The standard InChI is InChI=1S/C24H30O3/c1-22-6-3-12(25)9-17(22)13-10-14(13)20-16(22)4-7-23(2)21(20)15-11-18(15)24(23)8-5-19(26)27-24/h9,13-16,18,20-21H,3-8,10-11H2,1-2H3/t13?,14?,15-,16+,18+,20-,21+,22-,23+,24+/m1/s1. The Balaban J connectivity index is 1.33. The van der Waals surface area contributed by atoms with Gasteiger partial charge < -0.3 is 4.74 Å². The third kappa shape index (κ3) is 1.58. The molecular weight excluding hydrogens is 336 g/mol. The maximum Gasteiger partial charge on any atom is 0.306 e. The second-order valence-corrected chi connectivity index (χ2v) is 11.5. The fourth-order valence-corrected chi connectivity index (χ4v) is 9.74. The Morgan fingerprint density at radius 2 is 1.85 bits per heavy atom. The summed E-state index contributed by atoms with van der Waals surface area (Å²) in [6, 6.07) is 0. The molecule has 2 unspecified atom stereocenters. The summed E-state index contributed by atoms with van der Waals surface area (Å²) in [6.45, 7) is 4.99. The first kappa shape index (κ1) is 15.8. The Labute approximate surface area is 161 Å². The highest BCUT2D eigenvalue weighted by atomic mass is 16.6. The van der Waals surface area contributed by atoms with Gasteiger partial charge in [-0.25, -0.2) is 0 Å². The summed E-state index contributed by atoms with van der Waals surface area (Å²) in [7, 11) is 0. The van der Waals surface area contributed by atoms with Crippen molar-refractivity contribution >= 4 is 11.8 Å². The van der Waals surface area contributed by atoms with Crippen molar-refractivity contribution in [1.29, 1.82) is 0 Å². The van der Waals surface area contributed by atoms with E-state index < -0.39 is 0 Å². The Morgan fingerprint density at radius 1 is 1.00 bits per heavy atom. The molecule has 0 N–H and O–H groups in total. The van der Waals surface area contributed by atoms with E-state index in [1.165, 1.54) is 31.3 Å². The molecule has 7 rings (SSSR count). The summed E-state index contributed by atoms with van der Waals surface area (Å²) in [5.74, 6) is 5.65. The molecule has 27 heavy (non-hydrogen) atoms. The van der Waals surface area contributed by atoms with Crippen LogP contribution < -0.4 is 0 Å². The molecule has 6 aliphatic carbocycles. The highest BCUT2D eigenvalue weighted by Gasteiger charge is 2.81. The van der Waals surface area contributed by atoms with E-state index in [0.29, 0.717) is 24.0 Å². The maximum absolute atomic E-state index is 12.2. The topological polar surface area (TPSA) is 43.4 Å². The minimum atomic E-state index is -0.131. The molecule has 1 spiro atoms. The lowest BCUT2D eigenvalue weighted by molar-refractivity contribution is -0.177. The van der Waals surface area contributed by atoms with E-state index in [0.717, 1.165) is 48.9 Å². The fraction of sp³-hybridized carbons (Fsp3) is 0.833. The number of carbonyl (C=O) groups is 2. The van der Waals surface area contributed by atoms with E-state index in [1.54, 1.807) is 0 Å². The van der Waals surface area contributed by atoms with Crippen LogP contribution in [0.15, 0.2) is 11.6 Å². The quantitative estimate of drug-likeness (QED) is 0.600. The van der Waals surface area contributed by atoms with Crippen LogP contribution in [0.1, 0.15) is 65.2 Å². The number of esters is 1. The number of ether oxygens (including phenoxy) is 1. The zero-order valence-corrected chi connectivity index (χ0v) is 16.5. The molecular formula is C24H30O3. The molecule has 0 bridgehead atoms. The van der Waals surface area contributed by atoms with Gasteiger partial charge in [0.15, 0.2) is 5.78 Å². The largest absolute Gasteiger partial charge is 0.458 e. The molecule has 0 radical (unpaired) electrons. The number of fused-ring (bicyclic) bond motifs is 12. The van der Waals surface area contributed by atoms with Gasteiger partial charge in [0.25, 0.3) is 0 Å². The first-order chi connectivity index (χ1) is 12.9. The van der Waals surface area contributed by atoms with Crippen molar-refractivity contribution in [3.8, 4) is 0 Å². The van der Waals surface area contributed by atoms with E-state index in [1.807, 2.05) is 0 Å². The SMILES string of the molecule is C[C@]12CCC(=O)C=C1C1CC1[C@H]1[C@@H]3[C@@H]4C[C@@H]4[C@@]4(CCC(=O)O4)[C@@]3(C)CC[C@@H]12. The van der Waals surface area contributed by atoms with Gasteiger partial charge in [-0.3, -0.25) is 9.59 Å². The van der Waals surface area contributed by atoms with Crippen LogP contribution in [0, 0.1) is 52.3 Å². The molecule has 144 valence electrons. The summed E-state index contributed by atoms with van der Waals surface area (Å²) in [6.07, 6.45) is 10.6. The minimum Gasteiger partial charge on any atom is -0.458 e. The first-order valence-corrected chi connectivity index (χ1v) is 11.4. The number of rotatable bonds is 0. The Kier molecular flexibility index (Phi) is 2.56. The van der Waals surface area contributed by atoms with Crippen molar-refractivity contribution in [2.75, 3.05) is 0 Å². The van der Waals surface area contributed by atoms with E-state index in [9.17, 15) is 9.59 Å². The molecule has 1 heterocycles. The molecule has 0 aromatic heterocycles. The Hall–Kier alpha value is -1.12. The summed E-state index contributed by atoms with van der Waals surface area (Å²) < 4.78 is 6.22. The van der Waals surface area contributed by atoms with E-state index >= 15 is 0 Å². The van der Waals surface area contributed by atoms with Crippen molar-refractivity contribution in [3.63, 3.8) is 0 Å². The van der Waals surface area contributed by atoms with Crippen LogP contribution in [0.2, 0.25) is 0 Å². The van der Waals surface area contributed by atoms with E-state index in [-0.39, 0.29) is 22.4 Å². The molecule has 5 saturated carbocycles. The number of carbonyl (C=O) groups excluding carboxylic acids is 2. The molecule has 3 heteroatoms. The highest BCUT2D eigenvalue weighted by Crippen LogP contribution is 2.82. The van der Waals surface area contributed by atoms with Crippen LogP contribution in [0.25, 0.3) is 0 Å². The highest BCUT2D eigenvalue weighted by molar-refractivity contribution is 5.92. The predicted octanol–water partition coefficient (Wildman–Crippen LogP) is 4.31. The average molecular weight is 367 g/mol. The van der Waals surface area contributed by atoms with Crippen LogP contribution in [-0.2, 0) is 14.3 Å².